The lowest BCUT2D eigenvalue weighted by molar-refractivity contribution is -0.116. The zero-order chi connectivity index (χ0) is 17.6. The maximum Gasteiger partial charge on any atom is 0.238 e. The summed E-state index contributed by atoms with van der Waals surface area (Å²) in [4.78, 5) is 12.0. The van der Waals surface area contributed by atoms with Gasteiger partial charge in [0.2, 0.25) is 15.9 Å². The predicted octanol–water partition coefficient (Wildman–Crippen LogP) is 2.30. The lowest BCUT2D eigenvalue weighted by atomic mass is 10.1. The SMILES string of the molecule is CCOc1ccccc1CCC(=O)Nc1cccc(S(N)(=O)=O)c1. The third-order valence-electron chi connectivity index (χ3n) is 3.34. The Kier molecular flexibility index (Phi) is 5.94. The summed E-state index contributed by atoms with van der Waals surface area (Å²) in [5.41, 5.74) is 1.34. The van der Waals surface area contributed by atoms with E-state index in [-0.39, 0.29) is 17.2 Å². The van der Waals surface area contributed by atoms with Crippen molar-refractivity contribution in [3.8, 4) is 5.75 Å². The molecule has 0 aliphatic carbocycles. The Morgan fingerprint density at radius 1 is 1.17 bits per heavy atom. The van der Waals surface area contributed by atoms with E-state index in [4.69, 9.17) is 9.88 Å². The summed E-state index contributed by atoms with van der Waals surface area (Å²) >= 11 is 0. The van der Waals surface area contributed by atoms with Gasteiger partial charge in [-0.05, 0) is 43.2 Å². The minimum atomic E-state index is -3.80. The van der Waals surface area contributed by atoms with Crippen LogP contribution in [-0.2, 0) is 21.2 Å². The number of carbonyl (C=O) groups is 1. The highest BCUT2D eigenvalue weighted by Gasteiger charge is 2.10. The molecule has 3 N–H and O–H groups in total. The third kappa shape index (κ3) is 5.07. The van der Waals surface area contributed by atoms with E-state index in [2.05, 4.69) is 5.32 Å². The summed E-state index contributed by atoms with van der Waals surface area (Å²) in [7, 11) is -3.80. The molecule has 0 spiro atoms. The summed E-state index contributed by atoms with van der Waals surface area (Å²) in [6, 6.07) is 13.4. The number of hydrogen-bond donors (Lipinski definition) is 2. The molecule has 1 amide bonds. The fraction of sp³-hybridized carbons (Fsp3) is 0.235. The molecule has 0 radical (unpaired) electrons. The van der Waals surface area contributed by atoms with Gasteiger partial charge in [0.25, 0.3) is 0 Å². The summed E-state index contributed by atoms with van der Waals surface area (Å²) < 4.78 is 28.2. The lowest BCUT2D eigenvalue weighted by Crippen LogP contribution is -2.15. The second-order valence-corrected chi connectivity index (χ2v) is 6.72. The van der Waals surface area contributed by atoms with Crippen LogP contribution in [0.1, 0.15) is 18.9 Å². The molecule has 2 rings (SSSR count). The summed E-state index contributed by atoms with van der Waals surface area (Å²) in [6.45, 7) is 2.46. The van der Waals surface area contributed by atoms with Gasteiger partial charge in [-0.3, -0.25) is 4.79 Å². The van der Waals surface area contributed by atoms with E-state index in [0.29, 0.717) is 18.7 Å². The molecule has 2 aromatic carbocycles. The molecule has 0 saturated heterocycles. The zero-order valence-electron chi connectivity index (χ0n) is 13.4. The largest absolute Gasteiger partial charge is 0.494 e. The smallest absolute Gasteiger partial charge is 0.238 e. The Morgan fingerprint density at radius 2 is 1.92 bits per heavy atom. The summed E-state index contributed by atoms with van der Waals surface area (Å²) in [6.07, 6.45) is 0.778. The van der Waals surface area contributed by atoms with Crippen molar-refractivity contribution in [3.05, 3.63) is 54.1 Å². The highest BCUT2D eigenvalue weighted by Crippen LogP contribution is 2.20. The number of aryl methyl sites for hydroxylation is 1. The van der Waals surface area contributed by atoms with Crippen LogP contribution >= 0.6 is 0 Å². The highest BCUT2D eigenvalue weighted by atomic mass is 32.2. The van der Waals surface area contributed by atoms with Crippen molar-refractivity contribution in [1.29, 1.82) is 0 Å². The van der Waals surface area contributed by atoms with E-state index in [1.807, 2.05) is 31.2 Å². The van der Waals surface area contributed by atoms with Crippen LogP contribution in [0.4, 0.5) is 5.69 Å². The fourth-order valence-corrected chi connectivity index (χ4v) is 2.79. The number of nitrogens with one attached hydrogen (secondary N) is 1. The Hall–Kier alpha value is -2.38. The molecule has 6 nitrogen and oxygen atoms in total. The van der Waals surface area contributed by atoms with Gasteiger partial charge in [-0.15, -0.1) is 0 Å². The van der Waals surface area contributed by atoms with E-state index in [0.717, 1.165) is 11.3 Å². The van der Waals surface area contributed by atoms with Gasteiger partial charge in [0.15, 0.2) is 0 Å². The van der Waals surface area contributed by atoms with Crippen molar-refractivity contribution in [3.63, 3.8) is 0 Å². The first kappa shape index (κ1) is 18.0. The van der Waals surface area contributed by atoms with Crippen molar-refractivity contribution in [1.82, 2.24) is 0 Å². The molecule has 0 atom stereocenters. The fourth-order valence-electron chi connectivity index (χ4n) is 2.23. The van der Waals surface area contributed by atoms with Crippen LogP contribution in [0, 0.1) is 0 Å². The molecule has 0 fully saturated rings. The quantitative estimate of drug-likeness (QED) is 0.802. The number of sulfonamides is 1. The van der Waals surface area contributed by atoms with Gasteiger partial charge in [-0.2, -0.15) is 0 Å². The van der Waals surface area contributed by atoms with Crippen molar-refractivity contribution < 1.29 is 17.9 Å². The standard InChI is InChI=1S/C17H20N2O4S/c1-2-23-16-9-4-3-6-13(16)10-11-17(20)19-14-7-5-8-15(12-14)24(18,21)22/h3-9,12H,2,10-11H2,1H3,(H,19,20)(H2,18,21,22). The van der Waals surface area contributed by atoms with Gasteiger partial charge >= 0.3 is 0 Å². The molecule has 2 aromatic rings. The number of para-hydroxylation sites is 1. The van der Waals surface area contributed by atoms with Crippen LogP contribution in [0.3, 0.4) is 0 Å². The first-order chi connectivity index (χ1) is 11.4. The van der Waals surface area contributed by atoms with Gasteiger partial charge in [0.1, 0.15) is 5.75 Å². The first-order valence-electron chi connectivity index (χ1n) is 7.53. The van der Waals surface area contributed by atoms with Crippen molar-refractivity contribution >= 4 is 21.6 Å². The zero-order valence-corrected chi connectivity index (χ0v) is 14.2. The average molecular weight is 348 g/mol. The monoisotopic (exact) mass is 348 g/mol. The molecule has 24 heavy (non-hydrogen) atoms. The molecule has 0 heterocycles. The molecule has 0 saturated carbocycles. The Bertz CT molecular complexity index is 819. The van der Waals surface area contributed by atoms with E-state index in [1.165, 1.54) is 18.2 Å². The second-order valence-electron chi connectivity index (χ2n) is 5.16. The van der Waals surface area contributed by atoms with E-state index < -0.39 is 10.0 Å². The Labute approximate surface area is 141 Å². The minimum absolute atomic E-state index is 0.0398. The number of rotatable bonds is 7. The molecule has 0 bridgehead atoms. The number of anilines is 1. The lowest BCUT2D eigenvalue weighted by Gasteiger charge is -2.10. The van der Waals surface area contributed by atoms with Crippen molar-refractivity contribution in [2.45, 2.75) is 24.7 Å². The first-order valence-corrected chi connectivity index (χ1v) is 9.08. The predicted molar refractivity (Wildman–Crippen MR) is 92.4 cm³/mol. The second kappa shape index (κ2) is 7.94. The highest BCUT2D eigenvalue weighted by molar-refractivity contribution is 7.89. The maximum atomic E-state index is 12.1. The molecule has 0 unspecified atom stereocenters. The number of benzene rings is 2. The molecular weight excluding hydrogens is 328 g/mol. The van der Waals surface area contributed by atoms with E-state index in [1.54, 1.807) is 6.07 Å². The average Bonchev–Trinajstić information content (AvgIpc) is 2.54. The molecule has 7 heteroatoms. The van der Waals surface area contributed by atoms with Crippen LogP contribution in [0.25, 0.3) is 0 Å². The third-order valence-corrected chi connectivity index (χ3v) is 4.25. The van der Waals surface area contributed by atoms with Gasteiger partial charge in [0.05, 0.1) is 11.5 Å². The minimum Gasteiger partial charge on any atom is -0.494 e. The van der Waals surface area contributed by atoms with Crippen LogP contribution in [0.15, 0.2) is 53.4 Å². The Morgan fingerprint density at radius 3 is 2.62 bits per heavy atom. The maximum absolute atomic E-state index is 12.1. The molecule has 128 valence electrons. The topological polar surface area (TPSA) is 98.5 Å². The van der Waals surface area contributed by atoms with Gasteiger partial charge in [-0.25, -0.2) is 13.6 Å². The van der Waals surface area contributed by atoms with Gasteiger partial charge in [-0.1, -0.05) is 24.3 Å². The van der Waals surface area contributed by atoms with Crippen molar-refractivity contribution in [2.75, 3.05) is 11.9 Å². The molecule has 0 aliphatic rings. The number of amides is 1. The summed E-state index contributed by atoms with van der Waals surface area (Å²) in [5.74, 6) is 0.553. The molecule has 0 aliphatic heterocycles. The van der Waals surface area contributed by atoms with E-state index >= 15 is 0 Å². The van der Waals surface area contributed by atoms with Crippen molar-refractivity contribution in [2.24, 2.45) is 5.14 Å². The van der Waals surface area contributed by atoms with E-state index in [9.17, 15) is 13.2 Å². The summed E-state index contributed by atoms with van der Waals surface area (Å²) in [5, 5.41) is 7.76. The number of nitrogens with two attached hydrogens (primary N) is 1. The van der Waals surface area contributed by atoms with Crippen LogP contribution in [0.5, 0.6) is 5.75 Å². The number of carbonyl (C=O) groups excluding carboxylic acids is 1. The number of ether oxygens (including phenoxy) is 1. The number of hydrogen-bond acceptors (Lipinski definition) is 4. The number of primary sulfonamides is 1. The van der Waals surface area contributed by atoms with Crippen LogP contribution < -0.4 is 15.2 Å². The van der Waals surface area contributed by atoms with Gasteiger partial charge < -0.3 is 10.1 Å². The van der Waals surface area contributed by atoms with Crippen LogP contribution in [0.2, 0.25) is 0 Å². The van der Waals surface area contributed by atoms with Crippen LogP contribution in [-0.4, -0.2) is 20.9 Å². The Balaban J connectivity index is 2.00. The van der Waals surface area contributed by atoms with Gasteiger partial charge in [0, 0.05) is 12.1 Å². The molecule has 0 aromatic heterocycles. The normalized spacial score (nSPS) is 11.1. The molecular formula is C17H20N2O4S.